The molecule has 0 aliphatic carbocycles. The van der Waals surface area contributed by atoms with Crippen molar-refractivity contribution in [1.29, 1.82) is 0 Å². The highest BCUT2D eigenvalue weighted by Crippen LogP contribution is 2.47. The quantitative estimate of drug-likeness (QED) is 0.216. The summed E-state index contributed by atoms with van der Waals surface area (Å²) in [6, 6.07) is 27.4. The van der Waals surface area contributed by atoms with E-state index >= 15 is 0 Å². The Hall–Kier alpha value is -3.54. The van der Waals surface area contributed by atoms with E-state index in [1.165, 1.54) is 0 Å². The number of unbranched alkanes of at least 4 members (excludes halogenated alkanes) is 1. The second-order valence-corrected chi connectivity index (χ2v) is 9.55. The molecule has 0 saturated carbocycles. The smallest absolute Gasteiger partial charge is 0.217 e. The number of carbonyl (C=O) groups is 1. The molecule has 0 aliphatic rings. The molecular weight excluding hydrogens is 448 g/mol. The van der Waals surface area contributed by atoms with E-state index in [0.29, 0.717) is 17.9 Å². The highest BCUT2D eigenvalue weighted by molar-refractivity contribution is 5.87. The fourth-order valence-corrected chi connectivity index (χ4v) is 5.00. The Balaban J connectivity index is 1.93. The van der Waals surface area contributed by atoms with Gasteiger partial charge in [0.1, 0.15) is 11.9 Å². The standard InChI is InChI=1S/C31H34N2O3/c1-33(2)19-11-10-18-31(35,26-14-8-5-9-15-26)29(24-12-6-4-7-13-24)27-21-25-20-23(22-34)16-17-28(25)32-30(27)36-3/h4-9,12-17,20-22,29,35H,10-11,18-19H2,1-3H3. The molecule has 2 unspecified atom stereocenters. The van der Waals surface area contributed by atoms with Gasteiger partial charge < -0.3 is 14.7 Å². The summed E-state index contributed by atoms with van der Waals surface area (Å²) in [7, 11) is 5.74. The fraction of sp³-hybridized carbons (Fsp3) is 0.290. The molecule has 1 N–H and O–H groups in total. The highest BCUT2D eigenvalue weighted by Gasteiger charge is 2.42. The summed E-state index contributed by atoms with van der Waals surface area (Å²) in [5.74, 6) is 0.0325. The molecule has 4 aromatic rings. The highest BCUT2D eigenvalue weighted by atomic mass is 16.5. The fourth-order valence-electron chi connectivity index (χ4n) is 5.00. The van der Waals surface area contributed by atoms with Crippen LogP contribution in [0.2, 0.25) is 0 Å². The van der Waals surface area contributed by atoms with E-state index in [2.05, 4.69) is 19.0 Å². The third-order valence-corrected chi connectivity index (χ3v) is 6.77. The summed E-state index contributed by atoms with van der Waals surface area (Å²) in [4.78, 5) is 18.4. The average molecular weight is 483 g/mol. The zero-order valence-electron chi connectivity index (χ0n) is 21.2. The molecular formula is C31H34N2O3. The number of benzene rings is 3. The lowest BCUT2D eigenvalue weighted by Crippen LogP contribution is -2.35. The van der Waals surface area contributed by atoms with Crippen molar-refractivity contribution in [2.45, 2.75) is 30.8 Å². The Morgan fingerprint density at radius 1 is 0.972 bits per heavy atom. The Morgan fingerprint density at radius 3 is 2.31 bits per heavy atom. The second kappa shape index (κ2) is 11.5. The van der Waals surface area contributed by atoms with Gasteiger partial charge in [0.15, 0.2) is 0 Å². The Labute approximate surface area is 213 Å². The summed E-state index contributed by atoms with van der Waals surface area (Å²) < 4.78 is 5.80. The maximum atomic E-state index is 12.7. The SMILES string of the molecule is COc1nc2ccc(C=O)cc2cc1C(c1ccccc1)C(O)(CCCCN(C)C)c1ccccc1. The normalized spacial score (nSPS) is 13.9. The predicted octanol–water partition coefficient (Wildman–Crippen LogP) is 5.81. The van der Waals surface area contributed by atoms with E-state index in [9.17, 15) is 9.90 Å². The summed E-state index contributed by atoms with van der Waals surface area (Å²) in [6.45, 7) is 0.955. The molecule has 3 aromatic carbocycles. The third kappa shape index (κ3) is 5.48. The number of nitrogens with zero attached hydrogens (tertiary/aromatic N) is 2. The topological polar surface area (TPSA) is 62.7 Å². The minimum absolute atomic E-state index is 0.438. The van der Waals surface area contributed by atoms with E-state index in [-0.39, 0.29) is 0 Å². The van der Waals surface area contributed by atoms with Crippen LogP contribution >= 0.6 is 0 Å². The molecule has 4 rings (SSSR count). The van der Waals surface area contributed by atoms with Gasteiger partial charge in [-0.1, -0.05) is 60.7 Å². The van der Waals surface area contributed by atoms with Crippen LogP contribution in [0.5, 0.6) is 5.88 Å². The van der Waals surface area contributed by atoms with Gasteiger partial charge in [-0.2, -0.15) is 0 Å². The minimum atomic E-state index is -1.21. The number of pyridine rings is 1. The first-order valence-corrected chi connectivity index (χ1v) is 12.4. The van der Waals surface area contributed by atoms with Crippen LogP contribution in [0.1, 0.15) is 52.2 Å². The van der Waals surface area contributed by atoms with E-state index < -0.39 is 11.5 Å². The van der Waals surface area contributed by atoms with E-state index in [0.717, 1.165) is 53.3 Å². The number of rotatable bonds is 11. The monoisotopic (exact) mass is 482 g/mol. The Bertz CT molecular complexity index is 1290. The minimum Gasteiger partial charge on any atom is -0.481 e. The van der Waals surface area contributed by atoms with Crippen LogP contribution in [0.15, 0.2) is 84.9 Å². The summed E-state index contributed by atoms with van der Waals surface area (Å²) >= 11 is 0. The molecule has 2 atom stereocenters. The van der Waals surface area contributed by atoms with E-state index in [1.54, 1.807) is 13.2 Å². The van der Waals surface area contributed by atoms with Crippen LogP contribution in [0.25, 0.3) is 10.9 Å². The molecule has 0 spiro atoms. The van der Waals surface area contributed by atoms with E-state index in [1.807, 2.05) is 78.9 Å². The van der Waals surface area contributed by atoms with Crippen molar-refractivity contribution in [3.05, 3.63) is 107 Å². The van der Waals surface area contributed by atoms with Crippen LogP contribution in [0.3, 0.4) is 0 Å². The van der Waals surface area contributed by atoms with Crippen LogP contribution in [0.4, 0.5) is 0 Å². The molecule has 1 aromatic heterocycles. The molecule has 5 nitrogen and oxygen atoms in total. The van der Waals surface area contributed by atoms with Gasteiger partial charge in [0, 0.05) is 22.4 Å². The van der Waals surface area contributed by atoms with Crippen LogP contribution in [0, 0.1) is 0 Å². The molecule has 36 heavy (non-hydrogen) atoms. The molecule has 0 aliphatic heterocycles. The predicted molar refractivity (Wildman–Crippen MR) is 145 cm³/mol. The number of hydrogen-bond donors (Lipinski definition) is 1. The maximum Gasteiger partial charge on any atom is 0.217 e. The van der Waals surface area contributed by atoms with Gasteiger partial charge in [-0.05, 0) is 75.3 Å². The van der Waals surface area contributed by atoms with Crippen molar-refractivity contribution in [1.82, 2.24) is 9.88 Å². The number of methoxy groups -OCH3 is 1. The molecule has 0 amide bonds. The van der Waals surface area contributed by atoms with Gasteiger partial charge in [0.2, 0.25) is 5.88 Å². The molecule has 1 heterocycles. The van der Waals surface area contributed by atoms with Gasteiger partial charge in [0.05, 0.1) is 12.6 Å². The van der Waals surface area contributed by atoms with E-state index in [4.69, 9.17) is 9.72 Å². The van der Waals surface area contributed by atoms with Crippen LogP contribution < -0.4 is 4.74 Å². The van der Waals surface area contributed by atoms with Crippen molar-refractivity contribution in [2.24, 2.45) is 0 Å². The first kappa shape index (κ1) is 25.5. The Kier molecular flexibility index (Phi) is 8.14. The van der Waals surface area contributed by atoms with Gasteiger partial charge in [-0.15, -0.1) is 0 Å². The first-order valence-electron chi connectivity index (χ1n) is 12.4. The Morgan fingerprint density at radius 2 is 1.67 bits per heavy atom. The summed E-state index contributed by atoms with van der Waals surface area (Å²) in [5, 5.41) is 13.5. The van der Waals surface area contributed by atoms with Crippen molar-refractivity contribution in [2.75, 3.05) is 27.7 Å². The molecule has 0 fully saturated rings. The van der Waals surface area contributed by atoms with Gasteiger partial charge >= 0.3 is 0 Å². The second-order valence-electron chi connectivity index (χ2n) is 9.55. The van der Waals surface area contributed by atoms with Crippen molar-refractivity contribution in [3.63, 3.8) is 0 Å². The zero-order chi connectivity index (χ0) is 25.5. The lowest BCUT2D eigenvalue weighted by molar-refractivity contribution is 0.00678. The number of aldehydes is 1. The van der Waals surface area contributed by atoms with Crippen LogP contribution in [-0.2, 0) is 5.60 Å². The number of fused-ring (bicyclic) bond motifs is 1. The van der Waals surface area contributed by atoms with Crippen molar-refractivity contribution in [3.8, 4) is 5.88 Å². The summed E-state index contributed by atoms with van der Waals surface area (Å²) in [5.41, 5.74) is 2.73. The maximum absolute atomic E-state index is 12.7. The first-order chi connectivity index (χ1) is 17.5. The number of carbonyl (C=O) groups excluding carboxylic acids is 1. The largest absolute Gasteiger partial charge is 0.481 e. The molecule has 0 bridgehead atoms. The lowest BCUT2D eigenvalue weighted by Gasteiger charge is -2.38. The van der Waals surface area contributed by atoms with Gasteiger partial charge in [-0.3, -0.25) is 4.79 Å². The van der Waals surface area contributed by atoms with Crippen LogP contribution in [-0.4, -0.2) is 49.0 Å². The number of ether oxygens (including phenoxy) is 1. The van der Waals surface area contributed by atoms with Gasteiger partial charge in [0.25, 0.3) is 0 Å². The molecule has 0 saturated heterocycles. The molecule has 186 valence electrons. The molecule has 5 heteroatoms. The zero-order valence-corrected chi connectivity index (χ0v) is 21.2. The lowest BCUT2D eigenvalue weighted by atomic mass is 9.71. The number of aliphatic hydroxyl groups is 1. The van der Waals surface area contributed by atoms with Crippen molar-refractivity contribution >= 4 is 17.2 Å². The molecule has 0 radical (unpaired) electrons. The number of aromatic nitrogens is 1. The third-order valence-electron chi connectivity index (χ3n) is 6.77. The number of hydrogen-bond acceptors (Lipinski definition) is 5. The average Bonchev–Trinajstić information content (AvgIpc) is 2.91. The van der Waals surface area contributed by atoms with Crippen molar-refractivity contribution < 1.29 is 14.6 Å². The summed E-state index contributed by atoms with van der Waals surface area (Å²) in [6.07, 6.45) is 3.23. The van der Waals surface area contributed by atoms with Gasteiger partial charge in [-0.25, -0.2) is 4.98 Å².